The van der Waals surface area contributed by atoms with Gasteiger partial charge >= 0.3 is 6.03 Å². The first kappa shape index (κ1) is 18.2. The van der Waals surface area contributed by atoms with E-state index in [1.165, 1.54) is 10.6 Å². The van der Waals surface area contributed by atoms with Crippen LogP contribution in [0.4, 0.5) is 10.5 Å². The Morgan fingerprint density at radius 1 is 1.28 bits per heavy atom. The Balaban J connectivity index is 1.80. The number of nitrogens with one attached hydrogen (secondary N) is 1. The molecule has 7 nitrogen and oxygen atoms in total. The van der Waals surface area contributed by atoms with E-state index in [1.54, 1.807) is 12.0 Å². The van der Waals surface area contributed by atoms with Crippen LogP contribution in [0.2, 0.25) is 0 Å². The summed E-state index contributed by atoms with van der Waals surface area (Å²) in [7, 11) is -1.57. The Morgan fingerprint density at radius 3 is 2.60 bits per heavy atom. The van der Waals surface area contributed by atoms with Crippen molar-refractivity contribution in [1.82, 2.24) is 9.62 Å². The minimum atomic E-state index is -3.17. The van der Waals surface area contributed by atoms with E-state index in [9.17, 15) is 13.2 Å². The highest BCUT2D eigenvalue weighted by atomic mass is 32.2. The second-order valence-electron chi connectivity index (χ2n) is 6.77. The molecule has 1 aromatic rings. The Hall–Kier alpha value is -1.64. The highest BCUT2D eigenvalue weighted by molar-refractivity contribution is 7.88. The van der Waals surface area contributed by atoms with Crippen LogP contribution >= 0.6 is 0 Å². The molecule has 1 saturated heterocycles. The quantitative estimate of drug-likeness (QED) is 0.810. The van der Waals surface area contributed by atoms with E-state index in [-0.39, 0.29) is 11.4 Å². The van der Waals surface area contributed by atoms with Gasteiger partial charge in [0.2, 0.25) is 10.0 Å². The molecule has 1 fully saturated rings. The Kier molecular flexibility index (Phi) is 5.04. The predicted octanol–water partition coefficient (Wildman–Crippen LogP) is 1.16. The molecule has 2 heterocycles. The van der Waals surface area contributed by atoms with Gasteiger partial charge in [-0.05, 0) is 24.5 Å². The monoisotopic (exact) mass is 367 g/mol. The lowest BCUT2D eigenvalue weighted by Gasteiger charge is -2.38. The standard InChI is InChI=1S/C17H25N3O4S/c1-24-12-9-18-16(21)20-13-17(14-5-3-4-6-15(14)20)7-10-19(11-8-17)25(2,22)23/h3-6H,7-13H2,1-2H3,(H,18,21). The summed E-state index contributed by atoms with van der Waals surface area (Å²) < 4.78 is 30.1. The van der Waals surface area contributed by atoms with E-state index in [4.69, 9.17) is 4.74 Å². The molecule has 1 aromatic carbocycles. The predicted molar refractivity (Wildman–Crippen MR) is 96.4 cm³/mol. The molecule has 0 bridgehead atoms. The van der Waals surface area contributed by atoms with Gasteiger partial charge in [-0.3, -0.25) is 4.90 Å². The summed E-state index contributed by atoms with van der Waals surface area (Å²) in [6.45, 7) is 2.50. The number of sulfonamides is 1. The number of hydrogen-bond acceptors (Lipinski definition) is 4. The van der Waals surface area contributed by atoms with E-state index in [2.05, 4.69) is 11.4 Å². The Labute approximate surface area is 149 Å². The van der Waals surface area contributed by atoms with Crippen molar-refractivity contribution in [2.75, 3.05) is 51.1 Å². The van der Waals surface area contributed by atoms with Crippen LogP contribution in [-0.2, 0) is 20.2 Å². The molecular weight excluding hydrogens is 342 g/mol. The highest BCUT2D eigenvalue weighted by Crippen LogP contribution is 2.47. The second-order valence-corrected chi connectivity index (χ2v) is 8.75. The lowest BCUT2D eigenvalue weighted by Crippen LogP contribution is -2.49. The fourth-order valence-corrected chi connectivity index (χ4v) is 4.69. The van der Waals surface area contributed by atoms with E-state index < -0.39 is 10.0 Å². The number of piperidine rings is 1. The zero-order valence-corrected chi connectivity index (χ0v) is 15.5. The van der Waals surface area contributed by atoms with Gasteiger partial charge in [0, 0.05) is 44.4 Å². The zero-order chi connectivity index (χ0) is 18.1. The molecule has 25 heavy (non-hydrogen) atoms. The molecule has 8 heteroatoms. The van der Waals surface area contributed by atoms with Gasteiger partial charge in [-0.25, -0.2) is 17.5 Å². The maximum absolute atomic E-state index is 12.6. The second kappa shape index (κ2) is 6.93. The molecule has 1 N–H and O–H groups in total. The number of carbonyl (C=O) groups is 1. The van der Waals surface area contributed by atoms with Gasteiger partial charge in [0.1, 0.15) is 0 Å². The topological polar surface area (TPSA) is 79.0 Å². The number of ether oxygens (including phenoxy) is 1. The van der Waals surface area contributed by atoms with Crippen LogP contribution in [0.15, 0.2) is 24.3 Å². The number of rotatable bonds is 4. The molecule has 2 amide bonds. The van der Waals surface area contributed by atoms with Gasteiger partial charge in [0.15, 0.2) is 0 Å². The smallest absolute Gasteiger partial charge is 0.321 e. The van der Waals surface area contributed by atoms with Gasteiger partial charge < -0.3 is 10.1 Å². The normalized spacial score (nSPS) is 19.8. The number of fused-ring (bicyclic) bond motifs is 2. The van der Waals surface area contributed by atoms with Crippen molar-refractivity contribution in [3.05, 3.63) is 29.8 Å². The van der Waals surface area contributed by atoms with Gasteiger partial charge in [0.05, 0.1) is 12.9 Å². The number of urea groups is 1. The molecule has 0 aliphatic carbocycles. The molecule has 138 valence electrons. The van der Waals surface area contributed by atoms with E-state index in [1.807, 2.05) is 18.2 Å². The third-order valence-corrected chi connectivity index (χ3v) is 6.51. The molecular formula is C17H25N3O4S. The first-order valence-electron chi connectivity index (χ1n) is 8.46. The zero-order valence-electron chi connectivity index (χ0n) is 14.7. The van der Waals surface area contributed by atoms with Crippen LogP contribution in [0, 0.1) is 0 Å². The van der Waals surface area contributed by atoms with Gasteiger partial charge in [-0.2, -0.15) is 0 Å². The van der Waals surface area contributed by atoms with Crippen LogP contribution in [0.5, 0.6) is 0 Å². The van der Waals surface area contributed by atoms with Crippen molar-refractivity contribution in [2.24, 2.45) is 0 Å². The number of carbonyl (C=O) groups excluding carboxylic acids is 1. The van der Waals surface area contributed by atoms with Crippen molar-refractivity contribution >= 4 is 21.7 Å². The number of hydrogen-bond donors (Lipinski definition) is 1. The SMILES string of the molecule is COCCNC(=O)N1CC2(CCN(S(C)(=O)=O)CC2)c2ccccc21. The molecule has 2 aliphatic heterocycles. The van der Waals surface area contributed by atoms with Crippen LogP contribution in [0.1, 0.15) is 18.4 Å². The summed E-state index contributed by atoms with van der Waals surface area (Å²) in [6.07, 6.45) is 2.70. The van der Waals surface area contributed by atoms with E-state index in [0.717, 1.165) is 24.1 Å². The maximum atomic E-state index is 12.6. The molecule has 0 atom stereocenters. The van der Waals surface area contributed by atoms with Gasteiger partial charge in [-0.15, -0.1) is 0 Å². The lowest BCUT2D eigenvalue weighted by molar-refractivity contribution is 0.196. The molecule has 0 radical (unpaired) electrons. The molecule has 3 rings (SSSR count). The van der Waals surface area contributed by atoms with E-state index in [0.29, 0.717) is 32.8 Å². The third-order valence-electron chi connectivity index (χ3n) is 5.20. The Bertz CT molecular complexity index is 742. The highest BCUT2D eigenvalue weighted by Gasteiger charge is 2.47. The van der Waals surface area contributed by atoms with E-state index >= 15 is 0 Å². The summed E-state index contributed by atoms with van der Waals surface area (Å²) in [5, 5.41) is 2.88. The number of amides is 2. The maximum Gasteiger partial charge on any atom is 0.321 e. The minimum Gasteiger partial charge on any atom is -0.383 e. The fourth-order valence-electron chi connectivity index (χ4n) is 3.84. The molecule has 0 saturated carbocycles. The first-order valence-corrected chi connectivity index (χ1v) is 10.3. The summed E-state index contributed by atoms with van der Waals surface area (Å²) in [5.41, 5.74) is 1.89. The van der Waals surface area contributed by atoms with Gasteiger partial charge in [-0.1, -0.05) is 18.2 Å². The molecule has 0 aromatic heterocycles. The molecule has 2 aliphatic rings. The number of nitrogens with zero attached hydrogens (tertiary/aromatic N) is 2. The van der Waals surface area contributed by atoms with Crippen LogP contribution in [0.3, 0.4) is 0 Å². The van der Waals surface area contributed by atoms with Crippen molar-refractivity contribution in [1.29, 1.82) is 0 Å². The van der Waals surface area contributed by atoms with Crippen LogP contribution in [-0.4, -0.2) is 64.9 Å². The molecule has 1 spiro atoms. The Morgan fingerprint density at radius 2 is 1.96 bits per heavy atom. The van der Waals surface area contributed by atoms with Crippen molar-refractivity contribution < 1.29 is 17.9 Å². The molecule has 0 unspecified atom stereocenters. The van der Waals surface area contributed by atoms with Crippen LogP contribution in [0.25, 0.3) is 0 Å². The van der Waals surface area contributed by atoms with Crippen molar-refractivity contribution in [3.63, 3.8) is 0 Å². The average Bonchev–Trinajstić information content (AvgIpc) is 2.90. The average molecular weight is 367 g/mol. The third kappa shape index (κ3) is 3.51. The number of methoxy groups -OCH3 is 1. The van der Waals surface area contributed by atoms with Crippen molar-refractivity contribution in [3.8, 4) is 0 Å². The number of benzene rings is 1. The first-order chi connectivity index (χ1) is 11.9. The largest absolute Gasteiger partial charge is 0.383 e. The van der Waals surface area contributed by atoms with Gasteiger partial charge in [0.25, 0.3) is 0 Å². The van der Waals surface area contributed by atoms with Crippen LogP contribution < -0.4 is 10.2 Å². The summed E-state index contributed by atoms with van der Waals surface area (Å²) in [4.78, 5) is 14.4. The minimum absolute atomic E-state index is 0.132. The summed E-state index contributed by atoms with van der Waals surface area (Å²) >= 11 is 0. The number of anilines is 1. The summed E-state index contributed by atoms with van der Waals surface area (Å²) in [6, 6.07) is 7.80. The summed E-state index contributed by atoms with van der Waals surface area (Å²) in [5.74, 6) is 0. The van der Waals surface area contributed by atoms with Crippen molar-refractivity contribution in [2.45, 2.75) is 18.3 Å². The number of para-hydroxylation sites is 1. The fraction of sp³-hybridized carbons (Fsp3) is 0.588. The lowest BCUT2D eigenvalue weighted by atomic mass is 9.75.